The average molecular weight is 431 g/mol. The van der Waals surface area contributed by atoms with Gasteiger partial charge in [0.2, 0.25) is 5.91 Å². The van der Waals surface area contributed by atoms with Crippen molar-refractivity contribution in [1.29, 1.82) is 0 Å². The molecule has 1 aliphatic rings. The minimum Gasteiger partial charge on any atom is -0.462 e. The number of anilines is 2. The summed E-state index contributed by atoms with van der Waals surface area (Å²) < 4.78 is 4.98. The monoisotopic (exact) mass is 431 g/mol. The Hall–Kier alpha value is -3.81. The highest BCUT2D eigenvalue weighted by atomic mass is 16.5. The third kappa shape index (κ3) is 5.08. The number of aromatic nitrogens is 3. The zero-order valence-electron chi connectivity index (χ0n) is 17.9. The number of hydrogen-bond donors (Lipinski definition) is 1. The molecule has 3 aromatic rings. The van der Waals surface area contributed by atoms with Crippen LogP contribution in [-0.2, 0) is 9.53 Å². The number of carbonyl (C=O) groups excluding carboxylic acids is 2. The molecule has 1 unspecified atom stereocenters. The number of esters is 1. The standard InChI is InChI=1S/C24H25N5O3/c1-2-32-24(31)17-7-9-20(10-8-17)26-23(30)19-6-4-14-29(16-19)22-12-11-21(27-28-22)18-5-3-13-25-15-18/h3,5,7-13,15,19H,2,4,6,14,16H2,1H3,(H,26,30). The molecule has 1 aliphatic heterocycles. The number of rotatable bonds is 6. The summed E-state index contributed by atoms with van der Waals surface area (Å²) in [6.07, 6.45) is 5.18. The Morgan fingerprint density at radius 1 is 1.12 bits per heavy atom. The van der Waals surface area contributed by atoms with Gasteiger partial charge in [-0.05, 0) is 68.3 Å². The zero-order chi connectivity index (χ0) is 22.3. The van der Waals surface area contributed by atoms with Gasteiger partial charge in [-0.15, -0.1) is 10.2 Å². The summed E-state index contributed by atoms with van der Waals surface area (Å²) >= 11 is 0. The molecule has 1 aromatic carbocycles. The zero-order valence-corrected chi connectivity index (χ0v) is 17.9. The molecule has 0 bridgehead atoms. The lowest BCUT2D eigenvalue weighted by Gasteiger charge is -2.32. The van der Waals surface area contributed by atoms with Crippen LogP contribution in [0.3, 0.4) is 0 Å². The van der Waals surface area contributed by atoms with Gasteiger partial charge >= 0.3 is 5.97 Å². The molecule has 8 nitrogen and oxygen atoms in total. The molecule has 1 atom stereocenters. The number of nitrogens with one attached hydrogen (secondary N) is 1. The van der Waals surface area contributed by atoms with Crippen LogP contribution < -0.4 is 10.2 Å². The second-order valence-electron chi connectivity index (χ2n) is 7.59. The van der Waals surface area contributed by atoms with Gasteiger partial charge in [0.05, 0.1) is 23.8 Å². The molecule has 164 valence electrons. The molecule has 1 amide bonds. The quantitative estimate of drug-likeness (QED) is 0.596. The number of nitrogens with zero attached hydrogens (tertiary/aromatic N) is 4. The molecular weight excluding hydrogens is 406 g/mol. The number of piperidine rings is 1. The van der Waals surface area contributed by atoms with E-state index in [4.69, 9.17) is 4.74 Å². The van der Waals surface area contributed by atoms with Crippen molar-refractivity contribution in [2.24, 2.45) is 5.92 Å². The summed E-state index contributed by atoms with van der Waals surface area (Å²) in [6, 6.07) is 14.4. The summed E-state index contributed by atoms with van der Waals surface area (Å²) in [5, 5.41) is 11.6. The number of hydrogen-bond acceptors (Lipinski definition) is 7. The third-order valence-electron chi connectivity index (χ3n) is 5.39. The maximum Gasteiger partial charge on any atom is 0.338 e. The Balaban J connectivity index is 1.37. The molecule has 8 heteroatoms. The Morgan fingerprint density at radius 3 is 2.66 bits per heavy atom. The highest BCUT2D eigenvalue weighted by molar-refractivity contribution is 5.94. The Bertz CT molecular complexity index is 1060. The lowest BCUT2D eigenvalue weighted by atomic mass is 9.97. The maximum absolute atomic E-state index is 12.8. The van der Waals surface area contributed by atoms with Gasteiger partial charge in [-0.1, -0.05) is 0 Å². The van der Waals surface area contributed by atoms with Gasteiger partial charge < -0.3 is 15.0 Å². The van der Waals surface area contributed by atoms with E-state index in [0.29, 0.717) is 24.4 Å². The highest BCUT2D eigenvalue weighted by Crippen LogP contribution is 2.24. The molecule has 1 saturated heterocycles. The predicted molar refractivity (Wildman–Crippen MR) is 121 cm³/mol. The first-order valence-electron chi connectivity index (χ1n) is 10.7. The summed E-state index contributed by atoms with van der Waals surface area (Å²) in [5.41, 5.74) is 2.79. The molecule has 4 rings (SSSR count). The molecule has 1 fully saturated rings. The lowest BCUT2D eigenvalue weighted by Crippen LogP contribution is -2.41. The Morgan fingerprint density at radius 2 is 1.97 bits per heavy atom. The fourth-order valence-corrected chi connectivity index (χ4v) is 3.71. The molecule has 3 heterocycles. The molecule has 0 spiro atoms. The van der Waals surface area contributed by atoms with E-state index in [0.717, 1.165) is 36.5 Å². The minimum absolute atomic E-state index is 0.0430. The second kappa shape index (κ2) is 10.00. The van der Waals surface area contributed by atoms with E-state index in [1.165, 1.54) is 0 Å². The van der Waals surface area contributed by atoms with Gasteiger partial charge in [-0.25, -0.2) is 4.79 Å². The number of benzene rings is 1. The van der Waals surface area contributed by atoms with Crippen LogP contribution in [0, 0.1) is 5.92 Å². The van der Waals surface area contributed by atoms with Crippen molar-refractivity contribution >= 4 is 23.4 Å². The van der Waals surface area contributed by atoms with Gasteiger partial charge in [0, 0.05) is 36.7 Å². The van der Waals surface area contributed by atoms with Gasteiger partial charge in [-0.3, -0.25) is 9.78 Å². The highest BCUT2D eigenvalue weighted by Gasteiger charge is 2.27. The van der Waals surface area contributed by atoms with Crippen LogP contribution in [-0.4, -0.2) is 46.8 Å². The predicted octanol–water partition coefficient (Wildman–Crippen LogP) is 3.57. The second-order valence-corrected chi connectivity index (χ2v) is 7.59. The average Bonchev–Trinajstić information content (AvgIpc) is 2.85. The molecule has 0 radical (unpaired) electrons. The first-order valence-corrected chi connectivity index (χ1v) is 10.7. The minimum atomic E-state index is -0.371. The molecule has 0 saturated carbocycles. The van der Waals surface area contributed by atoms with Crippen LogP contribution >= 0.6 is 0 Å². The number of pyridine rings is 1. The summed E-state index contributed by atoms with van der Waals surface area (Å²) in [6.45, 7) is 3.50. The van der Waals surface area contributed by atoms with Crippen LogP contribution in [0.4, 0.5) is 11.5 Å². The largest absolute Gasteiger partial charge is 0.462 e. The van der Waals surface area contributed by atoms with Crippen LogP contribution in [0.2, 0.25) is 0 Å². The SMILES string of the molecule is CCOC(=O)c1ccc(NC(=O)C2CCCN(c3ccc(-c4cccnc4)nn3)C2)cc1. The third-order valence-corrected chi connectivity index (χ3v) is 5.39. The van der Waals surface area contributed by atoms with E-state index < -0.39 is 0 Å². The van der Waals surface area contributed by atoms with Crippen molar-refractivity contribution in [2.75, 3.05) is 29.9 Å². The van der Waals surface area contributed by atoms with E-state index in [1.807, 2.05) is 24.3 Å². The van der Waals surface area contributed by atoms with E-state index >= 15 is 0 Å². The first-order chi connectivity index (χ1) is 15.6. The van der Waals surface area contributed by atoms with Gasteiger partial charge in [-0.2, -0.15) is 0 Å². The number of ether oxygens (including phenoxy) is 1. The smallest absolute Gasteiger partial charge is 0.338 e. The number of carbonyl (C=O) groups is 2. The van der Waals surface area contributed by atoms with E-state index in [1.54, 1.807) is 43.6 Å². The Labute approximate surface area is 186 Å². The van der Waals surface area contributed by atoms with Crippen molar-refractivity contribution < 1.29 is 14.3 Å². The molecule has 2 aromatic heterocycles. The normalized spacial score (nSPS) is 15.8. The fraction of sp³-hybridized carbons (Fsp3) is 0.292. The lowest BCUT2D eigenvalue weighted by molar-refractivity contribution is -0.120. The topological polar surface area (TPSA) is 97.3 Å². The van der Waals surface area contributed by atoms with E-state index in [2.05, 4.69) is 25.4 Å². The summed E-state index contributed by atoms with van der Waals surface area (Å²) in [4.78, 5) is 30.8. The molecule has 0 aliphatic carbocycles. The van der Waals surface area contributed by atoms with Crippen LogP contribution in [0.15, 0.2) is 60.9 Å². The number of amides is 1. The van der Waals surface area contributed by atoms with Gasteiger partial charge in [0.15, 0.2) is 5.82 Å². The van der Waals surface area contributed by atoms with Crippen LogP contribution in [0.5, 0.6) is 0 Å². The van der Waals surface area contributed by atoms with Crippen molar-refractivity contribution in [3.63, 3.8) is 0 Å². The summed E-state index contributed by atoms with van der Waals surface area (Å²) in [5.74, 6) is 0.185. The van der Waals surface area contributed by atoms with Crippen molar-refractivity contribution in [2.45, 2.75) is 19.8 Å². The van der Waals surface area contributed by atoms with Gasteiger partial charge in [0.1, 0.15) is 0 Å². The van der Waals surface area contributed by atoms with Crippen molar-refractivity contribution in [3.05, 3.63) is 66.5 Å². The van der Waals surface area contributed by atoms with Crippen LogP contribution in [0.25, 0.3) is 11.3 Å². The molecule has 1 N–H and O–H groups in total. The van der Waals surface area contributed by atoms with Crippen molar-refractivity contribution in [3.8, 4) is 11.3 Å². The van der Waals surface area contributed by atoms with E-state index in [9.17, 15) is 9.59 Å². The molecule has 32 heavy (non-hydrogen) atoms. The summed E-state index contributed by atoms with van der Waals surface area (Å²) in [7, 11) is 0. The van der Waals surface area contributed by atoms with Crippen molar-refractivity contribution in [1.82, 2.24) is 15.2 Å². The first kappa shape index (κ1) is 21.4. The van der Waals surface area contributed by atoms with Gasteiger partial charge in [0.25, 0.3) is 0 Å². The Kier molecular flexibility index (Phi) is 6.69. The fourth-order valence-electron chi connectivity index (χ4n) is 3.71. The molecular formula is C24H25N5O3. The van der Waals surface area contributed by atoms with Crippen LogP contribution in [0.1, 0.15) is 30.1 Å². The maximum atomic E-state index is 12.8. The van der Waals surface area contributed by atoms with E-state index in [-0.39, 0.29) is 17.8 Å².